The zero-order chi connectivity index (χ0) is 12.8. The largest absolute Gasteiger partial charge is 0.303 e. The van der Waals surface area contributed by atoms with E-state index in [0.29, 0.717) is 12.8 Å². The molecular weight excluding hydrogens is 222 g/mol. The molecule has 0 unspecified atom stereocenters. The summed E-state index contributed by atoms with van der Waals surface area (Å²) in [7, 11) is 0. The summed E-state index contributed by atoms with van der Waals surface area (Å²) in [6.07, 6.45) is 2.39. The fourth-order valence-corrected chi connectivity index (χ4v) is 2.34. The van der Waals surface area contributed by atoms with Gasteiger partial charge in [-0.3, -0.25) is 0 Å². The SMILES string of the molecule is N#CC1(C#N)CCN(CCc2ccccc2)CC1. The topological polar surface area (TPSA) is 50.8 Å². The summed E-state index contributed by atoms with van der Waals surface area (Å²) in [5.74, 6) is 0. The van der Waals surface area contributed by atoms with E-state index in [1.807, 2.05) is 6.07 Å². The van der Waals surface area contributed by atoms with E-state index in [1.165, 1.54) is 5.56 Å². The van der Waals surface area contributed by atoms with Crippen LogP contribution in [0, 0.1) is 28.1 Å². The normalized spacial score (nSPS) is 18.8. The van der Waals surface area contributed by atoms with Crippen molar-refractivity contribution in [3.05, 3.63) is 35.9 Å². The third-order valence-electron chi connectivity index (χ3n) is 3.70. The van der Waals surface area contributed by atoms with Gasteiger partial charge in [0.05, 0.1) is 12.1 Å². The van der Waals surface area contributed by atoms with Crippen LogP contribution in [0.25, 0.3) is 0 Å². The van der Waals surface area contributed by atoms with Crippen LogP contribution in [0.15, 0.2) is 30.3 Å². The Hall–Kier alpha value is -1.84. The van der Waals surface area contributed by atoms with Gasteiger partial charge in [-0.15, -0.1) is 0 Å². The van der Waals surface area contributed by atoms with Crippen LogP contribution < -0.4 is 0 Å². The van der Waals surface area contributed by atoms with Crippen LogP contribution in [0.3, 0.4) is 0 Å². The molecule has 0 aliphatic carbocycles. The van der Waals surface area contributed by atoms with Crippen LogP contribution >= 0.6 is 0 Å². The molecule has 1 aliphatic rings. The van der Waals surface area contributed by atoms with Crippen LogP contribution in [0.4, 0.5) is 0 Å². The molecule has 92 valence electrons. The average Bonchev–Trinajstić information content (AvgIpc) is 2.47. The minimum Gasteiger partial charge on any atom is -0.303 e. The minimum absolute atomic E-state index is 0.675. The van der Waals surface area contributed by atoms with Crippen LogP contribution in [-0.2, 0) is 6.42 Å². The maximum Gasteiger partial charge on any atom is 0.146 e. The van der Waals surface area contributed by atoms with Crippen molar-refractivity contribution in [3.8, 4) is 12.1 Å². The number of likely N-dealkylation sites (tertiary alicyclic amines) is 1. The first-order valence-corrected chi connectivity index (χ1v) is 6.37. The van der Waals surface area contributed by atoms with Gasteiger partial charge in [-0.1, -0.05) is 30.3 Å². The van der Waals surface area contributed by atoms with E-state index in [2.05, 4.69) is 41.3 Å². The lowest BCUT2D eigenvalue weighted by Gasteiger charge is -2.33. The molecule has 2 rings (SSSR count). The number of benzene rings is 1. The molecule has 0 spiro atoms. The second kappa shape index (κ2) is 5.67. The lowest BCUT2D eigenvalue weighted by Crippen LogP contribution is -2.39. The fraction of sp³-hybridized carbons (Fsp3) is 0.467. The van der Waals surface area contributed by atoms with Crippen molar-refractivity contribution in [2.75, 3.05) is 19.6 Å². The lowest BCUT2D eigenvalue weighted by molar-refractivity contribution is 0.178. The molecule has 1 aromatic rings. The second-order valence-electron chi connectivity index (χ2n) is 4.88. The van der Waals surface area contributed by atoms with Crippen molar-refractivity contribution < 1.29 is 0 Å². The molecule has 3 nitrogen and oxygen atoms in total. The van der Waals surface area contributed by atoms with Crippen molar-refractivity contribution in [1.82, 2.24) is 4.90 Å². The van der Waals surface area contributed by atoms with Crippen LogP contribution in [0.1, 0.15) is 18.4 Å². The zero-order valence-corrected chi connectivity index (χ0v) is 10.5. The summed E-state index contributed by atoms with van der Waals surface area (Å²) in [5.41, 5.74) is 0.610. The summed E-state index contributed by atoms with van der Waals surface area (Å²) >= 11 is 0. The van der Waals surface area contributed by atoms with E-state index in [9.17, 15) is 0 Å². The maximum absolute atomic E-state index is 9.04. The van der Waals surface area contributed by atoms with Crippen LogP contribution in [-0.4, -0.2) is 24.5 Å². The molecule has 0 radical (unpaired) electrons. The highest BCUT2D eigenvalue weighted by atomic mass is 15.1. The second-order valence-corrected chi connectivity index (χ2v) is 4.88. The number of nitrogens with zero attached hydrogens (tertiary/aromatic N) is 3. The van der Waals surface area contributed by atoms with Crippen molar-refractivity contribution in [2.45, 2.75) is 19.3 Å². The first-order valence-electron chi connectivity index (χ1n) is 6.37. The number of nitriles is 2. The van der Waals surface area contributed by atoms with Crippen molar-refractivity contribution in [2.24, 2.45) is 5.41 Å². The van der Waals surface area contributed by atoms with Crippen molar-refractivity contribution in [3.63, 3.8) is 0 Å². The molecule has 1 aromatic carbocycles. The quantitative estimate of drug-likeness (QED) is 0.813. The molecular formula is C15H17N3. The Kier molecular flexibility index (Phi) is 3.97. The first kappa shape index (κ1) is 12.6. The van der Waals surface area contributed by atoms with E-state index in [1.54, 1.807) is 0 Å². The van der Waals surface area contributed by atoms with Gasteiger partial charge in [0, 0.05) is 19.6 Å². The summed E-state index contributed by atoms with van der Waals surface area (Å²) < 4.78 is 0. The Labute approximate surface area is 108 Å². The van der Waals surface area contributed by atoms with Gasteiger partial charge in [-0.25, -0.2) is 0 Å². The first-order chi connectivity index (χ1) is 8.78. The van der Waals surface area contributed by atoms with E-state index in [0.717, 1.165) is 26.1 Å². The summed E-state index contributed by atoms with van der Waals surface area (Å²) in [6.45, 7) is 2.72. The van der Waals surface area contributed by atoms with Gasteiger partial charge in [0.25, 0.3) is 0 Å². The van der Waals surface area contributed by atoms with Crippen molar-refractivity contribution >= 4 is 0 Å². The minimum atomic E-state index is -0.733. The van der Waals surface area contributed by atoms with E-state index < -0.39 is 5.41 Å². The van der Waals surface area contributed by atoms with Gasteiger partial charge in [-0.2, -0.15) is 10.5 Å². The molecule has 0 amide bonds. The molecule has 0 aromatic heterocycles. The van der Waals surface area contributed by atoms with E-state index in [4.69, 9.17) is 10.5 Å². The van der Waals surface area contributed by atoms with Crippen LogP contribution in [0.5, 0.6) is 0 Å². The highest BCUT2D eigenvalue weighted by Gasteiger charge is 2.34. The molecule has 0 atom stereocenters. The summed E-state index contributed by atoms with van der Waals surface area (Å²) in [5, 5.41) is 18.1. The average molecular weight is 239 g/mol. The van der Waals surface area contributed by atoms with Crippen molar-refractivity contribution in [1.29, 1.82) is 10.5 Å². The zero-order valence-electron chi connectivity index (χ0n) is 10.5. The standard InChI is InChI=1S/C15H17N3/c16-12-15(13-17)7-10-18(11-8-15)9-6-14-4-2-1-3-5-14/h1-5H,6-11H2. The lowest BCUT2D eigenvalue weighted by atomic mass is 9.81. The predicted octanol–water partition coefficient (Wildman–Crippen LogP) is 2.36. The van der Waals surface area contributed by atoms with E-state index in [-0.39, 0.29) is 0 Å². The highest BCUT2D eigenvalue weighted by Crippen LogP contribution is 2.29. The summed E-state index contributed by atoms with van der Waals surface area (Å²) in [6, 6.07) is 14.8. The number of piperidine rings is 1. The molecule has 3 heteroatoms. The summed E-state index contributed by atoms with van der Waals surface area (Å²) in [4.78, 5) is 2.35. The Bertz CT molecular complexity index is 443. The molecule has 1 aliphatic heterocycles. The molecule has 1 fully saturated rings. The smallest absolute Gasteiger partial charge is 0.146 e. The third-order valence-corrected chi connectivity index (χ3v) is 3.70. The van der Waals surface area contributed by atoms with Gasteiger partial charge >= 0.3 is 0 Å². The maximum atomic E-state index is 9.04. The Morgan fingerprint density at radius 3 is 2.22 bits per heavy atom. The number of hydrogen-bond acceptors (Lipinski definition) is 3. The number of rotatable bonds is 3. The van der Waals surface area contributed by atoms with Gasteiger partial charge < -0.3 is 4.90 Å². The van der Waals surface area contributed by atoms with Gasteiger partial charge in [0.1, 0.15) is 5.41 Å². The van der Waals surface area contributed by atoms with E-state index >= 15 is 0 Å². The molecule has 1 heterocycles. The van der Waals surface area contributed by atoms with Gasteiger partial charge in [0.2, 0.25) is 0 Å². The Morgan fingerprint density at radius 2 is 1.67 bits per heavy atom. The molecule has 0 N–H and O–H groups in total. The number of hydrogen-bond donors (Lipinski definition) is 0. The Balaban J connectivity index is 1.82. The molecule has 0 bridgehead atoms. The predicted molar refractivity (Wildman–Crippen MR) is 69.5 cm³/mol. The van der Waals surface area contributed by atoms with Crippen LogP contribution in [0.2, 0.25) is 0 Å². The highest BCUT2D eigenvalue weighted by molar-refractivity contribution is 5.16. The monoisotopic (exact) mass is 239 g/mol. The van der Waals surface area contributed by atoms with Gasteiger partial charge in [0.15, 0.2) is 0 Å². The molecule has 1 saturated heterocycles. The molecule has 0 saturated carbocycles. The molecule has 18 heavy (non-hydrogen) atoms. The van der Waals surface area contributed by atoms with Gasteiger partial charge in [-0.05, 0) is 24.8 Å². The Morgan fingerprint density at radius 1 is 1.06 bits per heavy atom. The third kappa shape index (κ3) is 2.88. The fourth-order valence-electron chi connectivity index (χ4n) is 2.34.